The van der Waals surface area contributed by atoms with Crippen LogP contribution in [0, 0.1) is 8.99 Å². The molecule has 0 atom stereocenters. The summed E-state index contributed by atoms with van der Waals surface area (Å²) in [5.41, 5.74) is 0.800. The molecule has 1 saturated carbocycles. The van der Waals surface area contributed by atoms with E-state index in [0.717, 1.165) is 29.3 Å². The van der Waals surface area contributed by atoms with Crippen LogP contribution in [0.1, 0.15) is 49.9 Å². The summed E-state index contributed by atoms with van der Waals surface area (Å²) in [4.78, 5) is 14.3. The Kier molecular flexibility index (Phi) is 4.62. The molecule has 1 amide bonds. The highest BCUT2D eigenvalue weighted by Gasteiger charge is 2.31. The van der Waals surface area contributed by atoms with Gasteiger partial charge in [0.2, 0.25) is 0 Å². The maximum absolute atomic E-state index is 12.5. The van der Waals surface area contributed by atoms with Gasteiger partial charge < -0.3 is 10.0 Å². The molecule has 20 heavy (non-hydrogen) atoms. The van der Waals surface area contributed by atoms with Crippen molar-refractivity contribution in [1.82, 2.24) is 4.90 Å². The highest BCUT2D eigenvalue weighted by Crippen LogP contribution is 2.37. The second-order valence-corrected chi connectivity index (χ2v) is 7.72. The molecule has 0 bridgehead atoms. The normalized spacial score (nSPS) is 18.8. The quantitative estimate of drug-likeness (QED) is 0.779. The van der Waals surface area contributed by atoms with Gasteiger partial charge in [-0.25, -0.2) is 0 Å². The zero-order valence-corrected chi connectivity index (χ0v) is 14.5. The van der Waals surface area contributed by atoms with Gasteiger partial charge in [-0.2, -0.15) is 0 Å². The van der Waals surface area contributed by atoms with Gasteiger partial charge in [0.15, 0.2) is 0 Å². The second kappa shape index (κ2) is 5.92. The number of carbonyl (C=O) groups is 1. The van der Waals surface area contributed by atoms with Gasteiger partial charge in [0, 0.05) is 16.7 Å². The molecule has 0 spiro atoms. The van der Waals surface area contributed by atoms with Crippen LogP contribution in [0.25, 0.3) is 0 Å². The van der Waals surface area contributed by atoms with Crippen LogP contribution in [0.4, 0.5) is 0 Å². The predicted octanol–water partition coefficient (Wildman–Crippen LogP) is 4.04. The topological polar surface area (TPSA) is 40.5 Å². The van der Waals surface area contributed by atoms with Crippen molar-refractivity contribution in [2.75, 3.05) is 7.05 Å². The van der Waals surface area contributed by atoms with Crippen LogP contribution < -0.4 is 0 Å². The molecule has 1 N–H and O–H groups in total. The third kappa shape index (κ3) is 3.45. The zero-order valence-electron chi connectivity index (χ0n) is 12.3. The van der Waals surface area contributed by atoms with E-state index in [1.807, 2.05) is 7.05 Å². The lowest BCUT2D eigenvalue weighted by atomic mass is 9.75. The van der Waals surface area contributed by atoms with E-state index >= 15 is 0 Å². The Morgan fingerprint density at radius 1 is 1.35 bits per heavy atom. The molecule has 0 heterocycles. The molecule has 0 radical (unpaired) electrons. The number of phenolic OH excluding ortho intramolecular Hbond substituents is 1. The maximum Gasteiger partial charge on any atom is 0.257 e. The Balaban J connectivity index is 2.11. The van der Waals surface area contributed by atoms with E-state index in [1.54, 1.807) is 23.1 Å². The standard InChI is InChI=1S/C16H22INO2/c1-16(2)8-6-12(7-9-16)18(3)15(20)13-10-11(17)4-5-14(13)19/h4-5,10,12,19H,6-9H2,1-3H3. The van der Waals surface area contributed by atoms with E-state index in [1.165, 1.54) is 0 Å². The molecule has 1 aromatic rings. The minimum atomic E-state index is -0.0780. The van der Waals surface area contributed by atoms with Gasteiger partial charge in [-0.1, -0.05) is 13.8 Å². The van der Waals surface area contributed by atoms with Gasteiger partial charge >= 0.3 is 0 Å². The van der Waals surface area contributed by atoms with Crippen LogP contribution in [0.2, 0.25) is 0 Å². The van der Waals surface area contributed by atoms with E-state index in [9.17, 15) is 9.90 Å². The number of aromatic hydroxyl groups is 1. The molecular weight excluding hydrogens is 365 g/mol. The first-order valence-corrected chi connectivity index (χ1v) is 8.14. The smallest absolute Gasteiger partial charge is 0.257 e. The number of amides is 1. The Bertz CT molecular complexity index is 503. The number of phenols is 1. The zero-order chi connectivity index (χ0) is 14.9. The van der Waals surface area contributed by atoms with Gasteiger partial charge in [-0.05, 0) is 71.9 Å². The van der Waals surface area contributed by atoms with Crippen molar-refractivity contribution in [3.05, 3.63) is 27.3 Å². The Morgan fingerprint density at radius 2 is 1.95 bits per heavy atom. The maximum atomic E-state index is 12.5. The van der Waals surface area contributed by atoms with Gasteiger partial charge in [0.25, 0.3) is 5.91 Å². The lowest BCUT2D eigenvalue weighted by molar-refractivity contribution is 0.0632. The minimum Gasteiger partial charge on any atom is -0.507 e. The first-order valence-electron chi connectivity index (χ1n) is 7.06. The summed E-state index contributed by atoms with van der Waals surface area (Å²) in [6, 6.07) is 5.43. The largest absolute Gasteiger partial charge is 0.507 e. The van der Waals surface area contributed by atoms with E-state index in [4.69, 9.17) is 0 Å². The van der Waals surface area contributed by atoms with Crippen molar-refractivity contribution in [1.29, 1.82) is 0 Å². The lowest BCUT2D eigenvalue weighted by Crippen LogP contribution is -2.40. The molecule has 1 fully saturated rings. The summed E-state index contributed by atoms with van der Waals surface area (Å²) in [6.45, 7) is 4.58. The molecular formula is C16H22INO2. The second-order valence-electron chi connectivity index (χ2n) is 6.47. The SMILES string of the molecule is CN(C(=O)c1cc(I)ccc1O)C1CCC(C)(C)CC1. The molecule has 0 unspecified atom stereocenters. The number of hydrogen-bond acceptors (Lipinski definition) is 2. The van der Waals surface area contributed by atoms with E-state index in [-0.39, 0.29) is 17.7 Å². The number of halogens is 1. The van der Waals surface area contributed by atoms with Gasteiger partial charge in [0.1, 0.15) is 5.75 Å². The molecule has 1 aliphatic rings. The number of benzene rings is 1. The molecule has 1 aliphatic carbocycles. The fourth-order valence-electron chi connectivity index (χ4n) is 2.81. The lowest BCUT2D eigenvalue weighted by Gasteiger charge is -2.38. The summed E-state index contributed by atoms with van der Waals surface area (Å²) in [7, 11) is 1.85. The van der Waals surface area contributed by atoms with E-state index in [0.29, 0.717) is 11.0 Å². The fraction of sp³-hybridized carbons (Fsp3) is 0.562. The van der Waals surface area contributed by atoms with E-state index < -0.39 is 0 Å². The monoisotopic (exact) mass is 387 g/mol. The van der Waals surface area contributed by atoms with Gasteiger partial charge in [-0.3, -0.25) is 4.79 Å². The number of nitrogens with zero attached hydrogens (tertiary/aromatic N) is 1. The first kappa shape index (κ1) is 15.6. The van der Waals surface area contributed by atoms with Crippen molar-refractivity contribution in [2.45, 2.75) is 45.6 Å². The average Bonchev–Trinajstić information content (AvgIpc) is 2.40. The molecule has 3 nitrogen and oxygen atoms in total. The Hall–Kier alpha value is -0.780. The van der Waals surface area contributed by atoms with Crippen molar-refractivity contribution >= 4 is 28.5 Å². The average molecular weight is 387 g/mol. The summed E-state index contributed by atoms with van der Waals surface area (Å²) in [6.07, 6.45) is 4.38. The Morgan fingerprint density at radius 3 is 2.55 bits per heavy atom. The van der Waals surface area contributed by atoms with Gasteiger partial charge in [-0.15, -0.1) is 0 Å². The summed E-state index contributed by atoms with van der Waals surface area (Å²) in [5.74, 6) is -0.0101. The van der Waals surface area contributed by atoms with Crippen LogP contribution >= 0.6 is 22.6 Å². The third-order valence-corrected chi connectivity index (χ3v) is 5.04. The third-order valence-electron chi connectivity index (χ3n) is 4.37. The Labute approximate surface area is 134 Å². The molecule has 0 aliphatic heterocycles. The fourth-order valence-corrected chi connectivity index (χ4v) is 3.30. The van der Waals surface area contributed by atoms with Crippen molar-refractivity contribution in [3.63, 3.8) is 0 Å². The molecule has 110 valence electrons. The van der Waals surface area contributed by atoms with Crippen LogP contribution in [0.15, 0.2) is 18.2 Å². The molecule has 2 rings (SSSR count). The molecule has 0 aromatic heterocycles. The number of rotatable bonds is 2. The predicted molar refractivity (Wildman–Crippen MR) is 89.0 cm³/mol. The number of carbonyl (C=O) groups excluding carboxylic acids is 1. The van der Waals surface area contributed by atoms with Crippen LogP contribution in [-0.4, -0.2) is 29.0 Å². The first-order chi connectivity index (χ1) is 9.30. The summed E-state index contributed by atoms with van der Waals surface area (Å²) in [5, 5.41) is 9.88. The number of hydrogen-bond donors (Lipinski definition) is 1. The summed E-state index contributed by atoms with van der Waals surface area (Å²) >= 11 is 2.16. The highest BCUT2D eigenvalue weighted by atomic mass is 127. The van der Waals surface area contributed by atoms with Gasteiger partial charge in [0.05, 0.1) is 5.56 Å². The minimum absolute atomic E-state index is 0.0680. The van der Waals surface area contributed by atoms with Crippen molar-refractivity contribution in [2.24, 2.45) is 5.41 Å². The van der Waals surface area contributed by atoms with Crippen molar-refractivity contribution < 1.29 is 9.90 Å². The van der Waals surface area contributed by atoms with Crippen molar-refractivity contribution in [3.8, 4) is 5.75 Å². The van der Waals surface area contributed by atoms with E-state index in [2.05, 4.69) is 36.4 Å². The molecule has 1 aromatic carbocycles. The molecule has 4 heteroatoms. The molecule has 0 saturated heterocycles. The highest BCUT2D eigenvalue weighted by molar-refractivity contribution is 14.1. The van der Waals surface area contributed by atoms with Crippen LogP contribution in [0.5, 0.6) is 5.75 Å². The van der Waals surface area contributed by atoms with Crippen LogP contribution in [-0.2, 0) is 0 Å². The summed E-state index contributed by atoms with van der Waals surface area (Å²) < 4.78 is 0.960. The van der Waals surface area contributed by atoms with Crippen LogP contribution in [0.3, 0.4) is 0 Å².